The van der Waals surface area contributed by atoms with Gasteiger partial charge in [-0.05, 0) is 0 Å². The van der Waals surface area contributed by atoms with E-state index in [4.69, 9.17) is 14.6 Å². The van der Waals surface area contributed by atoms with Gasteiger partial charge in [-0.15, -0.1) is 0 Å². The lowest BCUT2D eigenvalue weighted by atomic mass is 10.0. The van der Waals surface area contributed by atoms with E-state index in [1.807, 2.05) is 0 Å². The molecule has 0 amide bonds. The van der Waals surface area contributed by atoms with Crippen LogP contribution in [0.1, 0.15) is 0 Å². The van der Waals surface area contributed by atoms with Crippen LogP contribution in [0.15, 0.2) is 0 Å². The van der Waals surface area contributed by atoms with Crippen molar-refractivity contribution in [2.75, 3.05) is 13.2 Å². The first-order valence-corrected chi connectivity index (χ1v) is 3.48. The van der Waals surface area contributed by atoms with Crippen molar-refractivity contribution in [2.45, 2.75) is 24.1 Å². The summed E-state index contributed by atoms with van der Waals surface area (Å²) in [6, 6.07) is 0. The molecule has 0 aromatic carbocycles. The number of hydrogen-bond donors (Lipinski definition) is 3. The molecule has 3 N–H and O–H groups in total. The van der Waals surface area contributed by atoms with Crippen molar-refractivity contribution in [2.24, 2.45) is 0 Å². The summed E-state index contributed by atoms with van der Waals surface area (Å²) in [7, 11) is 0. The van der Waals surface area contributed by atoms with E-state index in [9.17, 15) is 10.2 Å². The first-order valence-electron chi connectivity index (χ1n) is 3.48. The lowest BCUT2D eigenvalue weighted by Gasteiger charge is -2.28. The molecule has 4 atom stereocenters. The quantitative estimate of drug-likeness (QED) is 0.409. The highest BCUT2D eigenvalue weighted by Crippen LogP contribution is 2.38. The van der Waals surface area contributed by atoms with Gasteiger partial charge in [0.1, 0.15) is 24.9 Å². The lowest BCUT2D eigenvalue weighted by molar-refractivity contribution is -0.224. The zero-order valence-electron chi connectivity index (χ0n) is 5.80. The smallest absolute Gasteiger partial charge is 0.221 e. The van der Waals surface area contributed by atoms with Crippen LogP contribution in [0.4, 0.5) is 0 Å². The maximum absolute atomic E-state index is 9.28. The van der Waals surface area contributed by atoms with E-state index in [0.29, 0.717) is 0 Å². The highest BCUT2D eigenvalue weighted by molar-refractivity contribution is 5.01. The Morgan fingerprint density at radius 3 is 2.55 bits per heavy atom. The zero-order chi connectivity index (χ0) is 8.06. The summed E-state index contributed by atoms with van der Waals surface area (Å²) < 4.78 is 10.1. The molecule has 0 spiro atoms. The van der Waals surface area contributed by atoms with E-state index >= 15 is 0 Å². The number of hydrogen-bond acceptors (Lipinski definition) is 5. The van der Waals surface area contributed by atoms with Crippen LogP contribution in [-0.4, -0.2) is 52.6 Å². The fourth-order valence-electron chi connectivity index (χ4n) is 1.51. The van der Waals surface area contributed by atoms with Crippen molar-refractivity contribution in [3.8, 4) is 0 Å². The van der Waals surface area contributed by atoms with Crippen molar-refractivity contribution in [1.29, 1.82) is 0 Å². The van der Waals surface area contributed by atoms with Crippen LogP contribution in [0, 0.1) is 0 Å². The van der Waals surface area contributed by atoms with Crippen LogP contribution >= 0.6 is 0 Å². The topological polar surface area (TPSA) is 79.2 Å². The van der Waals surface area contributed by atoms with Gasteiger partial charge in [0.15, 0.2) is 0 Å². The molecule has 2 rings (SSSR count). The summed E-state index contributed by atoms with van der Waals surface area (Å²) in [5.74, 6) is -1.36. The van der Waals surface area contributed by atoms with Gasteiger partial charge in [-0.2, -0.15) is 0 Å². The summed E-state index contributed by atoms with van der Waals surface area (Å²) in [5, 5.41) is 27.3. The van der Waals surface area contributed by atoms with Gasteiger partial charge in [-0.1, -0.05) is 0 Å². The van der Waals surface area contributed by atoms with Crippen molar-refractivity contribution in [3.05, 3.63) is 0 Å². The molecule has 0 aromatic rings. The third-order valence-corrected chi connectivity index (χ3v) is 2.22. The van der Waals surface area contributed by atoms with E-state index in [-0.39, 0.29) is 6.61 Å². The molecule has 5 heteroatoms. The summed E-state index contributed by atoms with van der Waals surface area (Å²) in [5.41, 5.74) is 0. The second-order valence-electron chi connectivity index (χ2n) is 2.87. The van der Waals surface area contributed by atoms with Crippen molar-refractivity contribution in [1.82, 2.24) is 0 Å². The third kappa shape index (κ3) is 0.771. The van der Waals surface area contributed by atoms with Crippen LogP contribution in [0.3, 0.4) is 0 Å². The Hall–Kier alpha value is -0.200. The highest BCUT2D eigenvalue weighted by Gasteiger charge is 2.60. The Balaban J connectivity index is 2.23. The maximum atomic E-state index is 9.28. The van der Waals surface area contributed by atoms with E-state index < -0.39 is 30.7 Å². The van der Waals surface area contributed by atoms with Crippen LogP contribution in [-0.2, 0) is 9.47 Å². The Kier molecular flexibility index (Phi) is 1.45. The summed E-state index contributed by atoms with van der Waals surface area (Å²) in [6.07, 6.45) is -2.56. The van der Waals surface area contributed by atoms with Crippen LogP contribution in [0.5, 0.6) is 0 Å². The average molecular weight is 162 g/mol. The molecule has 2 fully saturated rings. The van der Waals surface area contributed by atoms with E-state index in [2.05, 4.69) is 0 Å². The average Bonchev–Trinajstić information content (AvgIpc) is 2.53. The molecular formula is C6H10O5. The number of aliphatic hydroxyl groups excluding tert-OH is 3. The van der Waals surface area contributed by atoms with E-state index in [1.54, 1.807) is 0 Å². The Morgan fingerprint density at radius 2 is 2.18 bits per heavy atom. The van der Waals surface area contributed by atoms with E-state index in [0.717, 1.165) is 0 Å². The lowest BCUT2D eigenvalue weighted by Crippen LogP contribution is -2.50. The zero-order valence-corrected chi connectivity index (χ0v) is 5.80. The monoisotopic (exact) mass is 162 g/mol. The van der Waals surface area contributed by atoms with Crippen LogP contribution in [0.2, 0.25) is 0 Å². The molecular weight excluding hydrogens is 152 g/mol. The Labute approximate surface area is 63.2 Å². The summed E-state index contributed by atoms with van der Waals surface area (Å²) in [4.78, 5) is 0. The standard InChI is InChI=1S/C6H10O5/c7-2-6-5(9)4(8)3(11-6)1-10-6/h3-5,7-9H,1-2H2/t3-,4+,5-,6-/m1/s1. The van der Waals surface area contributed by atoms with Gasteiger partial charge in [0.05, 0.1) is 6.61 Å². The van der Waals surface area contributed by atoms with Crippen LogP contribution in [0.25, 0.3) is 0 Å². The van der Waals surface area contributed by atoms with Gasteiger partial charge < -0.3 is 24.8 Å². The first kappa shape index (κ1) is 7.45. The fourth-order valence-corrected chi connectivity index (χ4v) is 1.51. The Morgan fingerprint density at radius 1 is 1.45 bits per heavy atom. The molecule has 2 heterocycles. The number of fused-ring (bicyclic) bond motifs is 2. The molecule has 2 bridgehead atoms. The normalized spacial score (nSPS) is 55.4. The summed E-state index contributed by atoms with van der Waals surface area (Å²) >= 11 is 0. The van der Waals surface area contributed by atoms with Gasteiger partial charge in [-0.25, -0.2) is 0 Å². The first-order chi connectivity index (χ1) is 5.19. The molecule has 0 saturated carbocycles. The minimum absolute atomic E-state index is 0.235. The molecule has 2 saturated heterocycles. The van der Waals surface area contributed by atoms with Gasteiger partial charge in [0, 0.05) is 0 Å². The maximum Gasteiger partial charge on any atom is 0.221 e. The molecule has 2 aliphatic heterocycles. The number of ether oxygens (including phenoxy) is 2. The molecule has 0 aliphatic carbocycles. The molecule has 64 valence electrons. The number of aliphatic hydroxyl groups is 3. The van der Waals surface area contributed by atoms with Gasteiger partial charge in [0.2, 0.25) is 5.79 Å². The largest absolute Gasteiger partial charge is 0.391 e. The van der Waals surface area contributed by atoms with Gasteiger partial charge >= 0.3 is 0 Å². The van der Waals surface area contributed by atoms with Gasteiger partial charge in [-0.3, -0.25) is 0 Å². The van der Waals surface area contributed by atoms with Crippen LogP contribution < -0.4 is 0 Å². The molecule has 5 nitrogen and oxygen atoms in total. The fraction of sp³-hybridized carbons (Fsp3) is 1.00. The van der Waals surface area contributed by atoms with Crippen molar-refractivity contribution >= 4 is 0 Å². The molecule has 11 heavy (non-hydrogen) atoms. The minimum atomic E-state index is -1.36. The minimum Gasteiger partial charge on any atom is -0.391 e. The molecule has 0 aromatic heterocycles. The van der Waals surface area contributed by atoms with Gasteiger partial charge in [0.25, 0.3) is 0 Å². The SMILES string of the molecule is OC[C@@]12OC[C@@H](O1)[C@H](O)[C@H]2O. The Bertz CT molecular complexity index is 172. The predicted molar refractivity (Wildman–Crippen MR) is 32.7 cm³/mol. The highest BCUT2D eigenvalue weighted by atomic mass is 16.8. The van der Waals surface area contributed by atoms with Crippen molar-refractivity contribution in [3.63, 3.8) is 0 Å². The molecule has 0 radical (unpaired) electrons. The third-order valence-electron chi connectivity index (χ3n) is 2.22. The number of rotatable bonds is 1. The second-order valence-corrected chi connectivity index (χ2v) is 2.87. The predicted octanol–water partition coefficient (Wildman–Crippen LogP) is -2.17. The second kappa shape index (κ2) is 2.15. The molecule has 0 unspecified atom stereocenters. The van der Waals surface area contributed by atoms with Crippen molar-refractivity contribution < 1.29 is 24.8 Å². The van der Waals surface area contributed by atoms with E-state index in [1.165, 1.54) is 0 Å². The molecule has 2 aliphatic rings. The summed E-state index contributed by atoms with van der Waals surface area (Å²) in [6.45, 7) is -0.194.